The molecule has 39 heavy (non-hydrogen) atoms. The Balaban J connectivity index is 1.48. The van der Waals surface area contributed by atoms with Gasteiger partial charge in [-0.1, -0.05) is 43.3 Å². The van der Waals surface area contributed by atoms with Gasteiger partial charge >= 0.3 is 6.03 Å². The van der Waals surface area contributed by atoms with Gasteiger partial charge in [0.05, 0.1) is 30.3 Å². The first-order chi connectivity index (χ1) is 18.8. The number of benzene rings is 1. The molecule has 1 fully saturated rings. The van der Waals surface area contributed by atoms with Crippen molar-refractivity contribution in [3.05, 3.63) is 65.5 Å². The van der Waals surface area contributed by atoms with Crippen LogP contribution in [0.2, 0.25) is 0 Å². The lowest BCUT2D eigenvalue weighted by molar-refractivity contribution is -0.126. The highest BCUT2D eigenvalue weighted by Crippen LogP contribution is 2.27. The predicted octanol–water partition coefficient (Wildman–Crippen LogP) is 4.16. The van der Waals surface area contributed by atoms with E-state index >= 15 is 8.78 Å². The number of carbonyl (C=O) groups excluding carboxylic acids is 3. The van der Waals surface area contributed by atoms with E-state index in [1.807, 2.05) is 17.5 Å². The van der Waals surface area contributed by atoms with Crippen LogP contribution in [-0.2, 0) is 16.0 Å². The van der Waals surface area contributed by atoms with Crippen LogP contribution in [0, 0.1) is 0 Å². The summed E-state index contributed by atoms with van der Waals surface area (Å²) in [5.74, 6) is -4.59. The maximum absolute atomic E-state index is 15.1. The normalized spacial score (nSPS) is 15.4. The molecule has 1 saturated heterocycles. The fourth-order valence-electron chi connectivity index (χ4n) is 4.18. The number of ketones is 1. The Labute approximate surface area is 228 Å². The van der Waals surface area contributed by atoms with Gasteiger partial charge in [-0.3, -0.25) is 9.59 Å². The quantitative estimate of drug-likeness (QED) is 0.341. The lowest BCUT2D eigenvalue weighted by Gasteiger charge is -2.30. The van der Waals surface area contributed by atoms with Crippen molar-refractivity contribution in [2.75, 3.05) is 26.3 Å². The van der Waals surface area contributed by atoms with E-state index in [0.717, 1.165) is 4.88 Å². The van der Waals surface area contributed by atoms with Crippen LogP contribution in [0.15, 0.2) is 58.5 Å². The average molecular weight is 561 g/mol. The molecule has 0 saturated carbocycles. The van der Waals surface area contributed by atoms with Gasteiger partial charge in [-0.15, -0.1) is 11.3 Å². The molecule has 12 heteroatoms. The molecule has 208 valence electrons. The number of hydrogen-bond acceptors (Lipinski definition) is 7. The number of nitrogens with zero attached hydrogens (tertiary/aromatic N) is 2. The number of aromatic nitrogens is 1. The van der Waals surface area contributed by atoms with Crippen molar-refractivity contribution in [2.45, 2.75) is 44.2 Å². The van der Waals surface area contributed by atoms with Crippen molar-refractivity contribution in [3.63, 3.8) is 0 Å². The van der Waals surface area contributed by atoms with Gasteiger partial charge in [0.15, 0.2) is 5.76 Å². The minimum absolute atomic E-state index is 0.159. The van der Waals surface area contributed by atoms with Crippen molar-refractivity contribution in [2.24, 2.45) is 0 Å². The van der Waals surface area contributed by atoms with E-state index in [0.29, 0.717) is 24.5 Å². The molecule has 1 aromatic carbocycles. The fourth-order valence-corrected chi connectivity index (χ4v) is 4.85. The molecule has 1 aliphatic rings. The van der Waals surface area contributed by atoms with Gasteiger partial charge in [0, 0.05) is 25.9 Å². The Morgan fingerprint density at radius 3 is 2.49 bits per heavy atom. The van der Waals surface area contributed by atoms with Gasteiger partial charge in [0.1, 0.15) is 6.04 Å². The van der Waals surface area contributed by atoms with Crippen molar-refractivity contribution in [1.82, 2.24) is 20.5 Å². The molecule has 2 N–H and O–H groups in total. The monoisotopic (exact) mass is 560 g/mol. The van der Waals surface area contributed by atoms with Gasteiger partial charge in [-0.2, -0.15) is 0 Å². The molecule has 3 heterocycles. The minimum Gasteiger partial charge on any atom is -0.433 e. The van der Waals surface area contributed by atoms with E-state index < -0.39 is 48.6 Å². The van der Waals surface area contributed by atoms with Crippen LogP contribution < -0.4 is 10.6 Å². The third kappa shape index (κ3) is 7.70. The zero-order valence-corrected chi connectivity index (χ0v) is 22.2. The minimum atomic E-state index is -3.31. The third-order valence-corrected chi connectivity index (χ3v) is 7.13. The van der Waals surface area contributed by atoms with E-state index in [-0.39, 0.29) is 25.4 Å². The second kappa shape index (κ2) is 12.9. The number of morpholine rings is 1. The van der Waals surface area contributed by atoms with Crippen LogP contribution in [0.5, 0.6) is 0 Å². The summed E-state index contributed by atoms with van der Waals surface area (Å²) >= 11 is 1.41. The van der Waals surface area contributed by atoms with Gasteiger partial charge in [-0.25, -0.2) is 18.6 Å². The number of alkyl halides is 2. The van der Waals surface area contributed by atoms with Crippen LogP contribution in [-0.4, -0.2) is 71.9 Å². The van der Waals surface area contributed by atoms with Crippen LogP contribution in [0.1, 0.15) is 36.0 Å². The lowest BCUT2D eigenvalue weighted by atomic mass is 9.99. The van der Waals surface area contributed by atoms with E-state index in [9.17, 15) is 14.4 Å². The van der Waals surface area contributed by atoms with E-state index in [4.69, 9.17) is 9.15 Å². The maximum Gasteiger partial charge on any atom is 0.318 e. The molecule has 3 amide bonds. The molecular formula is C27H30F2N4O5S. The van der Waals surface area contributed by atoms with Crippen LogP contribution in [0.4, 0.5) is 13.6 Å². The molecule has 2 aromatic heterocycles. The topological polar surface area (TPSA) is 114 Å². The number of thiophene rings is 1. The summed E-state index contributed by atoms with van der Waals surface area (Å²) < 4.78 is 41.1. The van der Waals surface area contributed by atoms with Gasteiger partial charge < -0.3 is 24.7 Å². The third-order valence-electron chi connectivity index (χ3n) is 6.24. The van der Waals surface area contributed by atoms with Crippen molar-refractivity contribution in [1.29, 1.82) is 0 Å². The highest BCUT2D eigenvalue weighted by molar-refractivity contribution is 7.13. The molecule has 9 nitrogen and oxygen atoms in total. The fraction of sp³-hybridized carbons (Fsp3) is 0.407. The number of hydrogen-bond donors (Lipinski definition) is 2. The summed E-state index contributed by atoms with van der Waals surface area (Å²) in [6.07, 6.45) is 0.0217. The highest BCUT2D eigenvalue weighted by atomic mass is 32.1. The number of rotatable bonds is 11. The molecule has 2 atom stereocenters. The van der Waals surface area contributed by atoms with Crippen LogP contribution in [0.25, 0.3) is 10.6 Å². The Kier molecular flexibility index (Phi) is 9.41. The number of nitrogens with one attached hydrogen (secondary N) is 2. The Hall–Kier alpha value is -3.64. The van der Waals surface area contributed by atoms with Gasteiger partial charge in [-0.05, 0) is 23.4 Å². The Morgan fingerprint density at radius 2 is 1.82 bits per heavy atom. The van der Waals surface area contributed by atoms with Gasteiger partial charge in [0.25, 0.3) is 11.8 Å². The Bertz CT molecular complexity index is 1250. The number of oxazole rings is 1. The number of ether oxygens (including phenoxy) is 1. The summed E-state index contributed by atoms with van der Waals surface area (Å²) in [5, 5.41) is 6.83. The van der Waals surface area contributed by atoms with Crippen molar-refractivity contribution < 1.29 is 32.3 Å². The summed E-state index contributed by atoms with van der Waals surface area (Å²) in [6.45, 7) is 2.83. The van der Waals surface area contributed by atoms with E-state index in [1.54, 1.807) is 37.3 Å². The smallest absolute Gasteiger partial charge is 0.318 e. The molecule has 0 aliphatic carbocycles. The number of Topliss-reactive ketones (excluding diaryl/α,β-unsaturated/α-hetero) is 1. The molecule has 1 aliphatic heterocycles. The molecule has 4 rings (SSSR count). The maximum atomic E-state index is 15.1. The zero-order chi connectivity index (χ0) is 27.8. The number of amides is 3. The molecule has 0 spiro atoms. The number of halogens is 2. The molecule has 0 unspecified atom stereocenters. The molecule has 3 aromatic rings. The number of urea groups is 1. The first-order valence-electron chi connectivity index (χ1n) is 12.6. The first-order valence-corrected chi connectivity index (χ1v) is 13.5. The Morgan fingerprint density at radius 1 is 1.08 bits per heavy atom. The molecule has 0 radical (unpaired) electrons. The summed E-state index contributed by atoms with van der Waals surface area (Å²) in [6, 6.07) is 8.49. The van der Waals surface area contributed by atoms with E-state index in [2.05, 4.69) is 15.6 Å². The molecular weight excluding hydrogens is 530 g/mol. The second-order valence-corrected chi connectivity index (χ2v) is 10.1. The standard InChI is InChI=1S/C27H30F2N4O5S/c1-2-19(23(34)25-30-17-21(38-25)22-9-6-14-39-22)31-24(35)20(32-26(36)33-10-12-37-13-11-33)16-27(28,29)15-18-7-4-3-5-8-18/h3-9,14,17,19-20H,2,10-13,15-16H2,1H3,(H,31,35)(H,32,36)/t19-,20-/m0/s1. The average Bonchev–Trinajstić information content (AvgIpc) is 3.64. The van der Waals surface area contributed by atoms with Crippen LogP contribution >= 0.6 is 11.3 Å². The van der Waals surface area contributed by atoms with Crippen molar-refractivity contribution in [3.8, 4) is 10.6 Å². The molecule has 0 bridgehead atoms. The zero-order valence-electron chi connectivity index (χ0n) is 21.4. The largest absolute Gasteiger partial charge is 0.433 e. The van der Waals surface area contributed by atoms with Gasteiger partial charge in [0.2, 0.25) is 11.7 Å². The summed E-state index contributed by atoms with van der Waals surface area (Å²) in [5.41, 5.74) is 0.396. The predicted molar refractivity (Wildman–Crippen MR) is 141 cm³/mol. The SMILES string of the molecule is CC[C@H](NC(=O)[C@H](CC(F)(F)Cc1ccccc1)NC(=O)N1CCOCC1)C(=O)c1ncc(-c2cccs2)o1. The highest BCUT2D eigenvalue weighted by Gasteiger charge is 2.38. The summed E-state index contributed by atoms with van der Waals surface area (Å²) in [7, 11) is 0. The lowest BCUT2D eigenvalue weighted by Crippen LogP contribution is -2.56. The van der Waals surface area contributed by atoms with E-state index in [1.165, 1.54) is 22.4 Å². The second-order valence-electron chi connectivity index (χ2n) is 9.16. The first kappa shape index (κ1) is 28.4. The van der Waals surface area contributed by atoms with Crippen LogP contribution in [0.3, 0.4) is 0 Å². The summed E-state index contributed by atoms with van der Waals surface area (Å²) in [4.78, 5) is 45.4. The number of carbonyl (C=O) groups is 3. The van der Waals surface area contributed by atoms with Crippen molar-refractivity contribution >= 4 is 29.1 Å².